The molecule has 1 aromatic carbocycles. The highest BCUT2D eigenvalue weighted by Gasteiger charge is 2.28. The second-order valence-corrected chi connectivity index (χ2v) is 4.70. The van der Waals surface area contributed by atoms with Crippen LogP contribution in [0.4, 0.5) is 0 Å². The molecule has 0 saturated carbocycles. The van der Waals surface area contributed by atoms with E-state index in [2.05, 4.69) is 9.89 Å². The zero-order chi connectivity index (χ0) is 14.8. The Kier molecular flexibility index (Phi) is 3.55. The second kappa shape index (κ2) is 5.51. The minimum absolute atomic E-state index is 0.185. The predicted molar refractivity (Wildman–Crippen MR) is 71.8 cm³/mol. The number of ether oxygens (including phenoxy) is 4. The van der Waals surface area contributed by atoms with E-state index in [-0.39, 0.29) is 12.9 Å². The number of fused-ring (bicyclic) bond motifs is 1. The molecule has 112 valence electrons. The number of benzene rings is 1. The Balaban J connectivity index is 1.71. The summed E-state index contributed by atoms with van der Waals surface area (Å²) in [6, 6.07) is 3.75. The van der Waals surface area contributed by atoms with E-state index in [9.17, 15) is 4.79 Å². The van der Waals surface area contributed by atoms with Gasteiger partial charge in [0, 0.05) is 12.8 Å². The van der Waals surface area contributed by atoms with Crippen LogP contribution < -0.4 is 14.2 Å². The van der Waals surface area contributed by atoms with Crippen LogP contribution in [-0.4, -0.2) is 38.8 Å². The summed E-state index contributed by atoms with van der Waals surface area (Å²) in [4.78, 5) is 16.6. The van der Waals surface area contributed by atoms with Gasteiger partial charge in [-0.2, -0.15) is 0 Å². The molecule has 2 aliphatic rings. The van der Waals surface area contributed by atoms with Crippen molar-refractivity contribution in [1.29, 1.82) is 0 Å². The standard InChI is InChI=1S/C14H15NO6/c1-17-11-4-8(5-12-13(11)20-7-19-12)3-9-6-10(15-21-9)14(16)18-2/h4-5,9H,3,6-7H2,1-2H3. The number of carbonyl (C=O) groups is 1. The van der Waals surface area contributed by atoms with E-state index in [0.29, 0.717) is 35.8 Å². The first-order valence-electron chi connectivity index (χ1n) is 6.48. The Morgan fingerprint density at radius 3 is 3.00 bits per heavy atom. The van der Waals surface area contributed by atoms with Gasteiger partial charge in [-0.15, -0.1) is 0 Å². The van der Waals surface area contributed by atoms with Gasteiger partial charge < -0.3 is 23.8 Å². The molecule has 2 aliphatic heterocycles. The molecule has 3 rings (SSSR count). The van der Waals surface area contributed by atoms with Crippen LogP contribution >= 0.6 is 0 Å². The Hall–Kier alpha value is -2.44. The second-order valence-electron chi connectivity index (χ2n) is 4.70. The molecule has 0 bridgehead atoms. The Morgan fingerprint density at radius 1 is 1.38 bits per heavy atom. The third-order valence-electron chi connectivity index (χ3n) is 3.34. The fourth-order valence-electron chi connectivity index (χ4n) is 2.34. The number of hydrogen-bond acceptors (Lipinski definition) is 7. The number of esters is 1. The zero-order valence-electron chi connectivity index (χ0n) is 11.8. The van der Waals surface area contributed by atoms with E-state index in [1.807, 2.05) is 12.1 Å². The normalized spacial score (nSPS) is 19.0. The summed E-state index contributed by atoms with van der Waals surface area (Å²) >= 11 is 0. The Bertz CT molecular complexity index is 597. The van der Waals surface area contributed by atoms with Crippen LogP contribution in [0.3, 0.4) is 0 Å². The van der Waals surface area contributed by atoms with Crippen molar-refractivity contribution in [3.05, 3.63) is 17.7 Å². The maximum atomic E-state index is 11.4. The zero-order valence-corrected chi connectivity index (χ0v) is 11.8. The van der Waals surface area contributed by atoms with Crippen molar-refractivity contribution in [2.75, 3.05) is 21.0 Å². The molecule has 0 fully saturated rings. The third kappa shape index (κ3) is 2.58. The highest BCUT2D eigenvalue weighted by atomic mass is 16.7. The lowest BCUT2D eigenvalue weighted by Crippen LogP contribution is -2.18. The molecular weight excluding hydrogens is 278 g/mol. The van der Waals surface area contributed by atoms with Crippen molar-refractivity contribution in [1.82, 2.24) is 0 Å². The number of methoxy groups -OCH3 is 2. The Morgan fingerprint density at radius 2 is 2.24 bits per heavy atom. The molecular formula is C14H15NO6. The summed E-state index contributed by atoms with van der Waals surface area (Å²) in [5, 5.41) is 3.75. The van der Waals surface area contributed by atoms with E-state index in [1.54, 1.807) is 7.11 Å². The van der Waals surface area contributed by atoms with Crippen LogP contribution in [-0.2, 0) is 20.8 Å². The summed E-state index contributed by atoms with van der Waals surface area (Å²) in [6.45, 7) is 0.185. The van der Waals surface area contributed by atoms with Gasteiger partial charge in [0.2, 0.25) is 12.5 Å². The Labute approximate surface area is 121 Å². The smallest absolute Gasteiger partial charge is 0.355 e. The topological polar surface area (TPSA) is 75.6 Å². The molecule has 0 radical (unpaired) electrons. The predicted octanol–water partition coefficient (Wildman–Crippen LogP) is 1.28. The van der Waals surface area contributed by atoms with Gasteiger partial charge in [0.1, 0.15) is 6.10 Å². The lowest BCUT2D eigenvalue weighted by atomic mass is 10.0. The van der Waals surface area contributed by atoms with Crippen LogP contribution in [0.2, 0.25) is 0 Å². The summed E-state index contributed by atoms with van der Waals surface area (Å²) in [5.41, 5.74) is 1.26. The number of rotatable bonds is 4. The maximum absolute atomic E-state index is 11.4. The molecule has 0 N–H and O–H groups in total. The molecule has 0 saturated heterocycles. The lowest BCUT2D eigenvalue weighted by molar-refractivity contribution is -0.132. The van der Waals surface area contributed by atoms with Crippen LogP contribution in [0.1, 0.15) is 12.0 Å². The van der Waals surface area contributed by atoms with Crippen LogP contribution in [0.25, 0.3) is 0 Å². The van der Waals surface area contributed by atoms with Crippen LogP contribution in [0.5, 0.6) is 17.2 Å². The van der Waals surface area contributed by atoms with Crippen molar-refractivity contribution in [3.8, 4) is 17.2 Å². The summed E-state index contributed by atoms with van der Waals surface area (Å²) in [7, 11) is 2.90. The van der Waals surface area contributed by atoms with Crippen molar-refractivity contribution in [3.63, 3.8) is 0 Å². The average molecular weight is 293 g/mol. The van der Waals surface area contributed by atoms with Gasteiger partial charge in [0.25, 0.3) is 0 Å². The van der Waals surface area contributed by atoms with E-state index >= 15 is 0 Å². The fourth-order valence-corrected chi connectivity index (χ4v) is 2.34. The largest absolute Gasteiger partial charge is 0.493 e. The van der Waals surface area contributed by atoms with Crippen molar-refractivity contribution in [2.24, 2.45) is 5.16 Å². The molecule has 1 atom stereocenters. The highest BCUT2D eigenvalue weighted by Crippen LogP contribution is 2.42. The van der Waals surface area contributed by atoms with Crippen LogP contribution in [0.15, 0.2) is 17.3 Å². The number of carbonyl (C=O) groups excluding carboxylic acids is 1. The van der Waals surface area contributed by atoms with E-state index < -0.39 is 5.97 Å². The molecule has 7 heteroatoms. The van der Waals surface area contributed by atoms with Gasteiger partial charge in [-0.05, 0) is 17.7 Å². The number of hydrogen-bond donors (Lipinski definition) is 0. The lowest BCUT2D eigenvalue weighted by Gasteiger charge is -2.11. The van der Waals surface area contributed by atoms with Crippen molar-refractivity contribution in [2.45, 2.75) is 18.9 Å². The van der Waals surface area contributed by atoms with Crippen molar-refractivity contribution < 1.29 is 28.6 Å². The van der Waals surface area contributed by atoms with E-state index in [1.165, 1.54) is 7.11 Å². The molecule has 1 unspecified atom stereocenters. The third-order valence-corrected chi connectivity index (χ3v) is 3.34. The van der Waals surface area contributed by atoms with Crippen LogP contribution in [0, 0.1) is 0 Å². The number of oxime groups is 1. The minimum Gasteiger partial charge on any atom is -0.493 e. The van der Waals surface area contributed by atoms with Gasteiger partial charge in [0.15, 0.2) is 17.2 Å². The molecule has 0 aliphatic carbocycles. The van der Waals surface area contributed by atoms with Crippen molar-refractivity contribution >= 4 is 11.7 Å². The SMILES string of the molecule is COC(=O)C1=NOC(Cc2cc(OC)c3c(c2)OCO3)C1. The quantitative estimate of drug-likeness (QED) is 0.779. The molecule has 21 heavy (non-hydrogen) atoms. The molecule has 0 amide bonds. The summed E-state index contributed by atoms with van der Waals surface area (Å²) in [5.74, 6) is 1.42. The first-order valence-corrected chi connectivity index (χ1v) is 6.48. The highest BCUT2D eigenvalue weighted by molar-refractivity contribution is 6.36. The van der Waals surface area contributed by atoms with Gasteiger partial charge in [0.05, 0.1) is 14.2 Å². The molecule has 7 nitrogen and oxygen atoms in total. The summed E-state index contributed by atoms with van der Waals surface area (Å²) in [6.07, 6.45) is 0.796. The number of nitrogens with zero attached hydrogens (tertiary/aromatic N) is 1. The first-order chi connectivity index (χ1) is 10.2. The average Bonchev–Trinajstić information content (AvgIpc) is 3.14. The molecule has 0 aromatic heterocycles. The fraction of sp³-hybridized carbons (Fsp3) is 0.429. The molecule has 2 heterocycles. The molecule has 1 aromatic rings. The van der Waals surface area contributed by atoms with Gasteiger partial charge in [-0.3, -0.25) is 0 Å². The van der Waals surface area contributed by atoms with E-state index in [0.717, 1.165) is 5.56 Å². The van der Waals surface area contributed by atoms with Gasteiger partial charge in [-0.1, -0.05) is 5.16 Å². The molecule has 0 spiro atoms. The maximum Gasteiger partial charge on any atom is 0.355 e. The van der Waals surface area contributed by atoms with E-state index in [4.69, 9.17) is 19.0 Å². The first kappa shape index (κ1) is 13.5. The monoisotopic (exact) mass is 293 g/mol. The summed E-state index contributed by atoms with van der Waals surface area (Å²) < 4.78 is 20.6. The van der Waals surface area contributed by atoms with Gasteiger partial charge >= 0.3 is 5.97 Å². The minimum atomic E-state index is -0.458. The van der Waals surface area contributed by atoms with Gasteiger partial charge in [-0.25, -0.2) is 4.79 Å².